The van der Waals surface area contributed by atoms with Gasteiger partial charge in [0.1, 0.15) is 0 Å². The van der Waals surface area contributed by atoms with E-state index in [1.165, 1.54) is 5.56 Å². The summed E-state index contributed by atoms with van der Waals surface area (Å²) in [5.74, 6) is 0.323. The van der Waals surface area contributed by atoms with Gasteiger partial charge in [-0.2, -0.15) is 0 Å². The molecule has 0 saturated carbocycles. The number of aromatic nitrogens is 3. The van der Waals surface area contributed by atoms with Gasteiger partial charge < -0.3 is 5.32 Å². The van der Waals surface area contributed by atoms with Crippen LogP contribution in [0.5, 0.6) is 0 Å². The SMILES string of the molecule is CCc1ccc(NC(=O)c2nc(-c3ccc(C)cc3)n(-c3ccc(Cl)cc3)n2)cc1. The minimum Gasteiger partial charge on any atom is -0.319 e. The van der Waals surface area contributed by atoms with Crippen LogP contribution in [0.4, 0.5) is 5.69 Å². The van der Waals surface area contributed by atoms with Crippen LogP contribution in [-0.2, 0) is 6.42 Å². The van der Waals surface area contributed by atoms with E-state index in [9.17, 15) is 4.79 Å². The lowest BCUT2D eigenvalue weighted by Gasteiger charge is -2.06. The maximum Gasteiger partial charge on any atom is 0.295 e. The summed E-state index contributed by atoms with van der Waals surface area (Å²) in [7, 11) is 0. The summed E-state index contributed by atoms with van der Waals surface area (Å²) in [6.07, 6.45) is 0.946. The van der Waals surface area contributed by atoms with E-state index in [2.05, 4.69) is 22.3 Å². The van der Waals surface area contributed by atoms with Gasteiger partial charge in [-0.05, 0) is 55.3 Å². The van der Waals surface area contributed by atoms with Crippen LogP contribution < -0.4 is 5.32 Å². The number of aryl methyl sites for hydroxylation is 2. The number of halogens is 1. The molecule has 1 aromatic heterocycles. The number of hydrogen-bond acceptors (Lipinski definition) is 3. The number of carbonyl (C=O) groups is 1. The summed E-state index contributed by atoms with van der Waals surface area (Å²) in [5, 5.41) is 7.99. The number of nitrogens with one attached hydrogen (secondary N) is 1. The molecule has 4 aromatic rings. The maximum absolute atomic E-state index is 12.8. The first-order chi connectivity index (χ1) is 14.5. The molecule has 5 nitrogen and oxygen atoms in total. The molecule has 150 valence electrons. The molecule has 3 aromatic carbocycles. The van der Waals surface area contributed by atoms with Crippen LogP contribution in [0.3, 0.4) is 0 Å². The number of anilines is 1. The largest absolute Gasteiger partial charge is 0.319 e. The Bertz CT molecular complexity index is 1100. The van der Waals surface area contributed by atoms with Crippen molar-refractivity contribution in [2.24, 2.45) is 0 Å². The van der Waals surface area contributed by atoms with Gasteiger partial charge in [0, 0.05) is 16.3 Å². The van der Waals surface area contributed by atoms with Crippen LogP contribution in [0.2, 0.25) is 5.02 Å². The number of amides is 1. The molecule has 1 amide bonds. The Hall–Kier alpha value is -3.44. The van der Waals surface area contributed by atoms with Crippen LogP contribution in [-0.4, -0.2) is 20.7 Å². The fourth-order valence-electron chi connectivity index (χ4n) is 3.07. The van der Waals surface area contributed by atoms with Crippen molar-refractivity contribution in [3.05, 3.63) is 94.8 Å². The smallest absolute Gasteiger partial charge is 0.295 e. The molecular formula is C24H21ClN4O. The van der Waals surface area contributed by atoms with Crippen molar-refractivity contribution in [1.29, 1.82) is 0 Å². The Morgan fingerprint density at radius 3 is 2.27 bits per heavy atom. The molecule has 4 rings (SSSR count). The molecule has 0 radical (unpaired) electrons. The first kappa shape index (κ1) is 19.9. The average Bonchev–Trinajstić information content (AvgIpc) is 3.21. The second-order valence-corrected chi connectivity index (χ2v) is 7.45. The van der Waals surface area contributed by atoms with E-state index in [1.807, 2.05) is 67.6 Å². The maximum atomic E-state index is 12.8. The molecule has 1 N–H and O–H groups in total. The summed E-state index contributed by atoms with van der Waals surface area (Å²) in [6, 6.07) is 23.0. The first-order valence-corrected chi connectivity index (χ1v) is 10.1. The van der Waals surface area contributed by atoms with Crippen molar-refractivity contribution >= 4 is 23.2 Å². The number of benzene rings is 3. The first-order valence-electron chi connectivity index (χ1n) is 9.74. The summed E-state index contributed by atoms with van der Waals surface area (Å²) < 4.78 is 1.66. The minimum absolute atomic E-state index is 0.0973. The quantitative estimate of drug-likeness (QED) is 0.453. The van der Waals surface area contributed by atoms with E-state index < -0.39 is 0 Å². The Balaban J connectivity index is 1.71. The monoisotopic (exact) mass is 416 g/mol. The molecule has 30 heavy (non-hydrogen) atoms. The van der Waals surface area contributed by atoms with Crippen LogP contribution in [0.1, 0.15) is 28.7 Å². The van der Waals surface area contributed by atoms with E-state index in [4.69, 9.17) is 11.6 Å². The van der Waals surface area contributed by atoms with E-state index in [-0.39, 0.29) is 11.7 Å². The van der Waals surface area contributed by atoms with Crippen molar-refractivity contribution in [1.82, 2.24) is 14.8 Å². The van der Waals surface area contributed by atoms with Crippen molar-refractivity contribution < 1.29 is 4.79 Å². The predicted molar refractivity (Wildman–Crippen MR) is 120 cm³/mol. The van der Waals surface area contributed by atoms with Gasteiger partial charge >= 0.3 is 0 Å². The van der Waals surface area contributed by atoms with Gasteiger partial charge in [-0.1, -0.05) is 60.5 Å². The standard InChI is InChI=1S/C24H21ClN4O/c1-3-17-6-12-20(13-7-17)26-24(30)22-27-23(18-8-4-16(2)5-9-18)29(28-22)21-14-10-19(25)11-15-21/h4-15H,3H2,1-2H3,(H,26,30). The van der Waals surface area contributed by atoms with Crippen molar-refractivity contribution in [3.63, 3.8) is 0 Å². The lowest BCUT2D eigenvalue weighted by Crippen LogP contribution is -2.14. The van der Waals surface area contributed by atoms with Gasteiger partial charge in [0.2, 0.25) is 5.82 Å². The Kier molecular flexibility index (Phi) is 5.63. The number of nitrogens with zero attached hydrogens (tertiary/aromatic N) is 3. The van der Waals surface area contributed by atoms with Gasteiger partial charge in [0.05, 0.1) is 5.69 Å². The van der Waals surface area contributed by atoms with Gasteiger partial charge in [-0.3, -0.25) is 4.79 Å². The predicted octanol–water partition coefficient (Wildman–Crippen LogP) is 5.71. The molecule has 0 fully saturated rings. The lowest BCUT2D eigenvalue weighted by atomic mass is 10.1. The van der Waals surface area contributed by atoms with E-state index >= 15 is 0 Å². The van der Waals surface area contributed by atoms with Crippen molar-refractivity contribution in [3.8, 4) is 17.1 Å². The normalized spacial score (nSPS) is 10.8. The highest BCUT2D eigenvalue weighted by Crippen LogP contribution is 2.23. The topological polar surface area (TPSA) is 59.8 Å². The highest BCUT2D eigenvalue weighted by atomic mass is 35.5. The zero-order valence-corrected chi connectivity index (χ0v) is 17.5. The molecule has 0 aliphatic rings. The molecule has 0 aliphatic heterocycles. The van der Waals surface area contributed by atoms with Crippen molar-refractivity contribution in [2.75, 3.05) is 5.32 Å². The third-order valence-electron chi connectivity index (χ3n) is 4.81. The molecule has 0 unspecified atom stereocenters. The van der Waals surface area contributed by atoms with E-state index in [0.717, 1.165) is 23.2 Å². The van der Waals surface area contributed by atoms with E-state index in [0.29, 0.717) is 16.5 Å². The van der Waals surface area contributed by atoms with Crippen LogP contribution in [0.25, 0.3) is 17.1 Å². The second kappa shape index (κ2) is 8.51. The van der Waals surface area contributed by atoms with Gasteiger partial charge in [0.25, 0.3) is 5.91 Å². The molecule has 0 spiro atoms. The molecule has 0 atom stereocenters. The summed E-state index contributed by atoms with van der Waals surface area (Å²) in [4.78, 5) is 17.4. The second-order valence-electron chi connectivity index (χ2n) is 7.02. The van der Waals surface area contributed by atoms with Crippen LogP contribution in [0, 0.1) is 6.92 Å². The third-order valence-corrected chi connectivity index (χ3v) is 5.06. The highest BCUT2D eigenvalue weighted by Gasteiger charge is 2.19. The summed E-state index contributed by atoms with van der Waals surface area (Å²) in [5.41, 5.74) is 4.70. The Morgan fingerprint density at radius 2 is 1.63 bits per heavy atom. The summed E-state index contributed by atoms with van der Waals surface area (Å²) in [6.45, 7) is 4.11. The zero-order chi connectivity index (χ0) is 21.1. The average molecular weight is 417 g/mol. The Morgan fingerprint density at radius 1 is 0.967 bits per heavy atom. The minimum atomic E-state index is -0.361. The Labute approximate surface area is 180 Å². The summed E-state index contributed by atoms with van der Waals surface area (Å²) >= 11 is 6.03. The molecule has 6 heteroatoms. The molecular weight excluding hydrogens is 396 g/mol. The van der Waals surface area contributed by atoms with Crippen LogP contribution in [0.15, 0.2) is 72.8 Å². The molecule has 0 saturated heterocycles. The van der Waals surface area contributed by atoms with Crippen molar-refractivity contribution in [2.45, 2.75) is 20.3 Å². The van der Waals surface area contributed by atoms with E-state index in [1.54, 1.807) is 16.8 Å². The van der Waals surface area contributed by atoms with Gasteiger partial charge in [0.15, 0.2) is 5.82 Å². The van der Waals surface area contributed by atoms with Gasteiger partial charge in [-0.25, -0.2) is 9.67 Å². The fraction of sp³-hybridized carbons (Fsp3) is 0.125. The van der Waals surface area contributed by atoms with Crippen LogP contribution >= 0.6 is 11.6 Å². The molecule has 0 aliphatic carbocycles. The molecule has 0 bridgehead atoms. The zero-order valence-electron chi connectivity index (χ0n) is 16.8. The fourth-order valence-corrected chi connectivity index (χ4v) is 3.20. The molecule has 1 heterocycles. The number of carbonyl (C=O) groups excluding carboxylic acids is 1. The lowest BCUT2D eigenvalue weighted by molar-refractivity contribution is 0.101. The highest BCUT2D eigenvalue weighted by molar-refractivity contribution is 6.30. The number of hydrogen-bond donors (Lipinski definition) is 1. The van der Waals surface area contributed by atoms with Gasteiger partial charge in [-0.15, -0.1) is 5.10 Å². The number of rotatable bonds is 5. The third kappa shape index (κ3) is 4.26.